The van der Waals surface area contributed by atoms with Crippen LogP contribution in [-0.4, -0.2) is 20.7 Å². The topological polar surface area (TPSA) is 76.9 Å². The van der Waals surface area contributed by atoms with Crippen LogP contribution in [0.15, 0.2) is 71.8 Å². The molecule has 0 radical (unpaired) electrons. The Morgan fingerprint density at radius 1 is 0.967 bits per heavy atom. The lowest BCUT2D eigenvalue weighted by Crippen LogP contribution is -2.30. The van der Waals surface area contributed by atoms with Crippen molar-refractivity contribution in [2.75, 3.05) is 5.32 Å². The first-order valence-electron chi connectivity index (χ1n) is 9.75. The van der Waals surface area contributed by atoms with Crippen molar-refractivity contribution in [1.82, 2.24) is 14.8 Å². The molecule has 2 aromatic heterocycles. The minimum absolute atomic E-state index is 0.153. The van der Waals surface area contributed by atoms with Gasteiger partial charge in [-0.1, -0.05) is 24.3 Å². The van der Waals surface area contributed by atoms with E-state index in [0.717, 1.165) is 27.8 Å². The molecule has 0 spiro atoms. The van der Waals surface area contributed by atoms with E-state index in [1.54, 1.807) is 18.5 Å². The minimum Gasteiger partial charge on any atom is -0.324 e. The lowest BCUT2D eigenvalue weighted by atomic mass is 10.1. The number of nitrogens with zero attached hydrogens (tertiary/aromatic N) is 3. The van der Waals surface area contributed by atoms with E-state index >= 15 is 0 Å². The first-order valence-corrected chi connectivity index (χ1v) is 9.75. The molecule has 1 N–H and O–H groups in total. The summed E-state index contributed by atoms with van der Waals surface area (Å²) in [6.45, 7) is 3.80. The molecule has 0 atom stereocenters. The molecular formula is C24H22N4O2. The van der Waals surface area contributed by atoms with Gasteiger partial charge in [0.25, 0.3) is 5.56 Å². The van der Waals surface area contributed by atoms with Gasteiger partial charge in [0.2, 0.25) is 5.91 Å². The summed E-state index contributed by atoms with van der Waals surface area (Å²) in [5.41, 5.74) is 4.34. The zero-order valence-electron chi connectivity index (χ0n) is 16.9. The van der Waals surface area contributed by atoms with E-state index < -0.39 is 0 Å². The molecule has 0 fully saturated rings. The summed E-state index contributed by atoms with van der Waals surface area (Å²) in [7, 11) is 0. The Hall–Kier alpha value is -3.80. The van der Waals surface area contributed by atoms with E-state index in [1.807, 2.05) is 62.4 Å². The number of pyridine rings is 1. The smallest absolute Gasteiger partial charge is 0.275 e. The maximum atomic E-state index is 12.9. The Balaban J connectivity index is 1.67. The molecule has 150 valence electrons. The van der Waals surface area contributed by atoms with E-state index in [4.69, 9.17) is 0 Å². The number of carbonyl (C=O) groups excluding carboxylic acids is 1. The van der Waals surface area contributed by atoms with Crippen LogP contribution >= 0.6 is 0 Å². The van der Waals surface area contributed by atoms with Crippen molar-refractivity contribution in [1.29, 1.82) is 0 Å². The molecule has 2 heterocycles. The van der Waals surface area contributed by atoms with Crippen LogP contribution in [0.4, 0.5) is 5.69 Å². The second-order valence-electron chi connectivity index (χ2n) is 7.41. The van der Waals surface area contributed by atoms with Crippen LogP contribution in [0.25, 0.3) is 10.8 Å². The Bertz CT molecular complexity index is 1260. The number of amides is 1. The summed E-state index contributed by atoms with van der Waals surface area (Å²) in [5.74, 6) is -0.292. The number of carbonyl (C=O) groups is 1. The van der Waals surface area contributed by atoms with Crippen molar-refractivity contribution >= 4 is 22.4 Å². The summed E-state index contributed by atoms with van der Waals surface area (Å²) < 4.78 is 1.25. The van der Waals surface area contributed by atoms with Crippen LogP contribution in [0.1, 0.15) is 22.4 Å². The molecule has 30 heavy (non-hydrogen) atoms. The average Bonchev–Trinajstić information content (AvgIpc) is 2.71. The number of aromatic nitrogens is 3. The summed E-state index contributed by atoms with van der Waals surface area (Å²) in [4.78, 5) is 29.6. The number of hydrogen-bond donors (Lipinski definition) is 1. The quantitative estimate of drug-likeness (QED) is 0.557. The van der Waals surface area contributed by atoms with E-state index in [1.165, 1.54) is 4.68 Å². The second-order valence-corrected chi connectivity index (χ2v) is 7.41. The average molecular weight is 398 g/mol. The van der Waals surface area contributed by atoms with Crippen molar-refractivity contribution in [2.45, 2.75) is 26.8 Å². The highest BCUT2D eigenvalue weighted by Gasteiger charge is 2.14. The summed E-state index contributed by atoms with van der Waals surface area (Å²) in [6.07, 6.45) is 4.00. The Labute approximate surface area is 174 Å². The summed E-state index contributed by atoms with van der Waals surface area (Å²) in [5, 5.41) is 8.75. The third-order valence-corrected chi connectivity index (χ3v) is 4.86. The molecule has 6 nitrogen and oxygen atoms in total. The van der Waals surface area contributed by atoms with E-state index in [9.17, 15) is 9.59 Å². The van der Waals surface area contributed by atoms with Gasteiger partial charge in [0.1, 0.15) is 6.54 Å². The Morgan fingerprint density at radius 2 is 1.63 bits per heavy atom. The predicted molar refractivity (Wildman–Crippen MR) is 118 cm³/mol. The molecule has 0 aliphatic heterocycles. The molecule has 1 amide bonds. The standard InChI is InChI=1S/C24H22N4O2/c1-16-11-17(2)13-19(12-16)26-23(29)15-28-24(30)21-6-4-3-5-20(21)22(27-28)14-18-7-9-25-10-8-18/h3-13H,14-15H2,1-2H3,(H,26,29). The monoisotopic (exact) mass is 398 g/mol. The van der Waals surface area contributed by atoms with Gasteiger partial charge in [0.15, 0.2) is 0 Å². The molecule has 0 unspecified atom stereocenters. The van der Waals surface area contributed by atoms with Crippen LogP contribution in [0.5, 0.6) is 0 Å². The van der Waals surface area contributed by atoms with Crippen LogP contribution in [0.3, 0.4) is 0 Å². The number of rotatable bonds is 5. The van der Waals surface area contributed by atoms with E-state index in [2.05, 4.69) is 15.4 Å². The van der Waals surface area contributed by atoms with Crippen LogP contribution in [-0.2, 0) is 17.8 Å². The van der Waals surface area contributed by atoms with Crippen molar-refractivity contribution in [3.8, 4) is 0 Å². The third kappa shape index (κ3) is 4.27. The molecule has 6 heteroatoms. The lowest BCUT2D eigenvalue weighted by molar-refractivity contribution is -0.117. The fourth-order valence-electron chi connectivity index (χ4n) is 3.62. The molecule has 0 saturated carbocycles. The maximum Gasteiger partial charge on any atom is 0.275 e. The van der Waals surface area contributed by atoms with Crippen molar-refractivity contribution in [3.63, 3.8) is 0 Å². The molecule has 4 rings (SSSR count). The zero-order valence-corrected chi connectivity index (χ0v) is 16.9. The SMILES string of the molecule is Cc1cc(C)cc(NC(=O)Cn2nc(Cc3ccncc3)c3ccccc3c2=O)c1. The van der Waals surface area contributed by atoms with Gasteiger partial charge in [-0.05, 0) is 60.9 Å². The largest absolute Gasteiger partial charge is 0.324 e. The summed E-state index contributed by atoms with van der Waals surface area (Å²) >= 11 is 0. The molecule has 0 aliphatic rings. The van der Waals surface area contributed by atoms with Gasteiger partial charge >= 0.3 is 0 Å². The number of anilines is 1. The van der Waals surface area contributed by atoms with Gasteiger partial charge < -0.3 is 5.32 Å². The van der Waals surface area contributed by atoms with E-state index in [0.29, 0.717) is 17.5 Å². The van der Waals surface area contributed by atoms with Crippen molar-refractivity contribution in [2.24, 2.45) is 0 Å². The fourth-order valence-corrected chi connectivity index (χ4v) is 3.62. The van der Waals surface area contributed by atoms with Crippen LogP contribution in [0, 0.1) is 13.8 Å². The predicted octanol–water partition coefficient (Wildman–Crippen LogP) is 3.64. The van der Waals surface area contributed by atoms with Gasteiger partial charge in [0, 0.05) is 29.9 Å². The number of hydrogen-bond acceptors (Lipinski definition) is 4. The lowest BCUT2D eigenvalue weighted by Gasteiger charge is -2.12. The highest BCUT2D eigenvalue weighted by atomic mass is 16.2. The van der Waals surface area contributed by atoms with Crippen molar-refractivity contribution in [3.05, 3.63) is 99.7 Å². The normalized spacial score (nSPS) is 10.9. The van der Waals surface area contributed by atoms with Gasteiger partial charge in [-0.15, -0.1) is 0 Å². The molecule has 0 bridgehead atoms. The molecule has 2 aromatic carbocycles. The van der Waals surface area contributed by atoms with Crippen LogP contribution in [0.2, 0.25) is 0 Å². The second kappa shape index (κ2) is 8.29. The highest BCUT2D eigenvalue weighted by molar-refractivity contribution is 5.91. The van der Waals surface area contributed by atoms with Gasteiger partial charge in [-0.25, -0.2) is 4.68 Å². The van der Waals surface area contributed by atoms with Crippen LogP contribution < -0.4 is 10.9 Å². The summed E-state index contributed by atoms with van der Waals surface area (Å²) in [6, 6.07) is 17.0. The van der Waals surface area contributed by atoms with E-state index in [-0.39, 0.29) is 18.0 Å². The first kappa shape index (κ1) is 19.5. The highest BCUT2D eigenvalue weighted by Crippen LogP contribution is 2.17. The minimum atomic E-state index is -0.292. The molecule has 0 saturated heterocycles. The number of fused-ring (bicyclic) bond motifs is 1. The Kier molecular flexibility index (Phi) is 5.39. The van der Waals surface area contributed by atoms with Crippen molar-refractivity contribution < 1.29 is 4.79 Å². The Morgan fingerprint density at radius 3 is 2.33 bits per heavy atom. The zero-order chi connectivity index (χ0) is 21.1. The first-order chi connectivity index (χ1) is 14.5. The molecule has 4 aromatic rings. The maximum absolute atomic E-state index is 12.9. The molecule has 0 aliphatic carbocycles. The molecular weight excluding hydrogens is 376 g/mol. The van der Waals surface area contributed by atoms with Gasteiger partial charge in [-0.3, -0.25) is 14.6 Å². The number of nitrogens with one attached hydrogen (secondary N) is 1. The van der Waals surface area contributed by atoms with Gasteiger partial charge in [0.05, 0.1) is 11.1 Å². The fraction of sp³-hybridized carbons (Fsp3) is 0.167. The number of aryl methyl sites for hydroxylation is 2. The van der Waals surface area contributed by atoms with Gasteiger partial charge in [-0.2, -0.15) is 5.10 Å². The third-order valence-electron chi connectivity index (χ3n) is 4.86. The number of benzene rings is 2.